The number of rotatable bonds is 4. The maximum atomic E-state index is 6.57. The molecule has 0 radical (unpaired) electrons. The van der Waals surface area contributed by atoms with Crippen LogP contribution in [0.4, 0.5) is 0 Å². The maximum Gasteiger partial charge on any atom is 0.125 e. The Kier molecular flexibility index (Phi) is 4.17. The standard InChI is InChI=1S/C17H25ClN2O/c1-17(2,20-6-3-4-7-20)15(19)11-13-10-14(18)9-12-5-8-21-16(12)13/h9-10,15H,3-8,11,19H2,1-2H3. The highest BCUT2D eigenvalue weighted by Crippen LogP contribution is 2.35. The monoisotopic (exact) mass is 308 g/mol. The van der Waals surface area contributed by atoms with E-state index >= 15 is 0 Å². The van der Waals surface area contributed by atoms with Gasteiger partial charge in [-0.05, 0) is 69.5 Å². The molecule has 1 saturated heterocycles. The van der Waals surface area contributed by atoms with E-state index < -0.39 is 0 Å². The van der Waals surface area contributed by atoms with Crippen molar-refractivity contribution in [2.45, 2.75) is 51.1 Å². The van der Waals surface area contributed by atoms with Crippen LogP contribution in [-0.4, -0.2) is 36.2 Å². The summed E-state index contributed by atoms with van der Waals surface area (Å²) in [7, 11) is 0. The van der Waals surface area contributed by atoms with Gasteiger partial charge < -0.3 is 10.5 Å². The largest absolute Gasteiger partial charge is 0.493 e. The molecule has 1 aromatic rings. The third-order valence-electron chi connectivity index (χ3n) is 5.09. The number of hydrogen-bond acceptors (Lipinski definition) is 3. The van der Waals surface area contributed by atoms with Gasteiger partial charge in [-0.2, -0.15) is 0 Å². The van der Waals surface area contributed by atoms with E-state index in [0.717, 1.165) is 48.9 Å². The summed E-state index contributed by atoms with van der Waals surface area (Å²) in [6, 6.07) is 4.11. The summed E-state index contributed by atoms with van der Waals surface area (Å²) in [5.74, 6) is 1.02. The van der Waals surface area contributed by atoms with Crippen LogP contribution in [0.1, 0.15) is 37.8 Å². The lowest BCUT2D eigenvalue weighted by molar-refractivity contribution is 0.123. The zero-order chi connectivity index (χ0) is 15.0. The number of nitrogens with two attached hydrogens (primary N) is 1. The van der Waals surface area contributed by atoms with E-state index in [1.165, 1.54) is 18.4 Å². The Balaban J connectivity index is 1.80. The molecule has 2 aliphatic heterocycles. The van der Waals surface area contributed by atoms with Crippen molar-refractivity contribution in [1.29, 1.82) is 0 Å². The van der Waals surface area contributed by atoms with Crippen molar-refractivity contribution in [3.63, 3.8) is 0 Å². The molecule has 0 spiro atoms. The number of ether oxygens (including phenoxy) is 1. The van der Waals surface area contributed by atoms with Crippen LogP contribution in [0.15, 0.2) is 12.1 Å². The Hall–Kier alpha value is -0.770. The van der Waals surface area contributed by atoms with Crippen LogP contribution in [-0.2, 0) is 12.8 Å². The molecule has 1 unspecified atom stereocenters. The number of halogens is 1. The average Bonchev–Trinajstić information content (AvgIpc) is 3.09. The topological polar surface area (TPSA) is 38.5 Å². The molecule has 0 saturated carbocycles. The van der Waals surface area contributed by atoms with Crippen molar-refractivity contribution >= 4 is 11.6 Å². The lowest BCUT2D eigenvalue weighted by Gasteiger charge is -2.40. The van der Waals surface area contributed by atoms with Crippen LogP contribution in [0.5, 0.6) is 5.75 Å². The zero-order valence-corrected chi connectivity index (χ0v) is 13.7. The molecule has 1 aromatic carbocycles. The van der Waals surface area contributed by atoms with Crippen LogP contribution >= 0.6 is 11.6 Å². The quantitative estimate of drug-likeness (QED) is 0.929. The second kappa shape index (κ2) is 5.79. The molecule has 2 N–H and O–H groups in total. The van der Waals surface area contributed by atoms with Gasteiger partial charge in [-0.25, -0.2) is 0 Å². The fraction of sp³-hybridized carbons (Fsp3) is 0.647. The van der Waals surface area contributed by atoms with Gasteiger partial charge in [0.15, 0.2) is 0 Å². The highest BCUT2D eigenvalue weighted by atomic mass is 35.5. The van der Waals surface area contributed by atoms with Gasteiger partial charge in [0.25, 0.3) is 0 Å². The summed E-state index contributed by atoms with van der Waals surface area (Å²) in [5, 5.41) is 0.792. The van der Waals surface area contributed by atoms with Crippen molar-refractivity contribution in [3.8, 4) is 5.75 Å². The van der Waals surface area contributed by atoms with Crippen molar-refractivity contribution < 1.29 is 4.74 Å². The van der Waals surface area contributed by atoms with E-state index in [1.54, 1.807) is 0 Å². The average molecular weight is 309 g/mol. The van der Waals surface area contributed by atoms with E-state index in [1.807, 2.05) is 12.1 Å². The Morgan fingerprint density at radius 1 is 1.33 bits per heavy atom. The van der Waals surface area contributed by atoms with E-state index in [-0.39, 0.29) is 11.6 Å². The number of hydrogen-bond donors (Lipinski definition) is 1. The van der Waals surface area contributed by atoms with Crippen LogP contribution in [0, 0.1) is 0 Å². The second-order valence-electron chi connectivity index (χ2n) is 6.81. The van der Waals surface area contributed by atoms with Gasteiger partial charge in [0, 0.05) is 23.0 Å². The summed E-state index contributed by atoms with van der Waals surface area (Å²) in [6.07, 6.45) is 4.33. The zero-order valence-electron chi connectivity index (χ0n) is 13.0. The lowest BCUT2D eigenvalue weighted by atomic mass is 9.87. The van der Waals surface area contributed by atoms with Crippen LogP contribution in [0.25, 0.3) is 0 Å². The molecule has 3 nitrogen and oxygen atoms in total. The van der Waals surface area contributed by atoms with Gasteiger partial charge in [-0.1, -0.05) is 11.6 Å². The molecule has 0 amide bonds. The highest BCUT2D eigenvalue weighted by Gasteiger charge is 2.35. The minimum Gasteiger partial charge on any atom is -0.493 e. The Bertz CT molecular complexity index is 524. The number of likely N-dealkylation sites (tertiary alicyclic amines) is 1. The van der Waals surface area contributed by atoms with Gasteiger partial charge in [0.05, 0.1) is 6.61 Å². The SMILES string of the molecule is CC(C)(C(N)Cc1cc(Cl)cc2c1OCC2)N1CCCC1. The molecule has 2 heterocycles. The van der Waals surface area contributed by atoms with Crippen molar-refractivity contribution in [3.05, 3.63) is 28.3 Å². The Morgan fingerprint density at radius 3 is 2.76 bits per heavy atom. The lowest BCUT2D eigenvalue weighted by Crippen LogP contribution is -2.55. The maximum absolute atomic E-state index is 6.57. The molecule has 1 atom stereocenters. The minimum absolute atomic E-state index is 0.00427. The fourth-order valence-electron chi connectivity index (χ4n) is 3.51. The number of benzene rings is 1. The predicted octanol–water partition coefficient (Wildman–Crippen LogP) is 3.02. The van der Waals surface area contributed by atoms with E-state index in [4.69, 9.17) is 22.1 Å². The molecule has 0 bridgehead atoms. The van der Waals surface area contributed by atoms with E-state index in [0.29, 0.717) is 0 Å². The van der Waals surface area contributed by atoms with Crippen molar-refractivity contribution in [2.75, 3.05) is 19.7 Å². The van der Waals surface area contributed by atoms with Crippen LogP contribution in [0.3, 0.4) is 0 Å². The first-order valence-electron chi connectivity index (χ1n) is 7.93. The highest BCUT2D eigenvalue weighted by molar-refractivity contribution is 6.30. The minimum atomic E-state index is 0.00427. The van der Waals surface area contributed by atoms with Crippen molar-refractivity contribution in [2.24, 2.45) is 5.73 Å². The Labute approximate surface area is 132 Å². The third kappa shape index (κ3) is 2.92. The van der Waals surface area contributed by atoms with Crippen molar-refractivity contribution in [1.82, 2.24) is 4.90 Å². The molecule has 21 heavy (non-hydrogen) atoms. The molecular formula is C17H25ClN2O. The van der Waals surface area contributed by atoms with Gasteiger partial charge in [-0.15, -0.1) is 0 Å². The molecule has 0 aromatic heterocycles. The number of fused-ring (bicyclic) bond motifs is 1. The third-order valence-corrected chi connectivity index (χ3v) is 5.31. The molecular weight excluding hydrogens is 284 g/mol. The molecule has 2 aliphatic rings. The van der Waals surface area contributed by atoms with E-state index in [2.05, 4.69) is 18.7 Å². The predicted molar refractivity (Wildman–Crippen MR) is 87.2 cm³/mol. The normalized spacial score (nSPS) is 20.4. The van der Waals surface area contributed by atoms with Crippen LogP contribution < -0.4 is 10.5 Å². The van der Waals surface area contributed by atoms with Gasteiger partial charge in [-0.3, -0.25) is 4.90 Å². The number of nitrogens with zero attached hydrogens (tertiary/aromatic N) is 1. The fourth-order valence-corrected chi connectivity index (χ4v) is 3.78. The first-order chi connectivity index (χ1) is 9.98. The summed E-state index contributed by atoms with van der Waals surface area (Å²) in [5.41, 5.74) is 8.96. The molecule has 0 aliphatic carbocycles. The first kappa shape index (κ1) is 15.1. The van der Waals surface area contributed by atoms with Gasteiger partial charge in [0.2, 0.25) is 0 Å². The smallest absolute Gasteiger partial charge is 0.125 e. The summed E-state index contributed by atoms with van der Waals surface area (Å²) in [4.78, 5) is 2.52. The van der Waals surface area contributed by atoms with Gasteiger partial charge in [0.1, 0.15) is 5.75 Å². The summed E-state index contributed by atoms with van der Waals surface area (Å²) >= 11 is 6.25. The molecule has 4 heteroatoms. The van der Waals surface area contributed by atoms with Gasteiger partial charge >= 0.3 is 0 Å². The van der Waals surface area contributed by atoms with Crippen LogP contribution in [0.2, 0.25) is 5.02 Å². The molecule has 3 rings (SSSR count). The van der Waals surface area contributed by atoms with E-state index in [9.17, 15) is 0 Å². The first-order valence-corrected chi connectivity index (χ1v) is 8.31. The summed E-state index contributed by atoms with van der Waals surface area (Å²) < 4.78 is 5.80. The molecule has 1 fully saturated rings. The second-order valence-corrected chi connectivity index (χ2v) is 7.25. The Morgan fingerprint density at radius 2 is 2.05 bits per heavy atom. The molecule has 116 valence electrons. The summed E-state index contributed by atoms with van der Waals surface area (Å²) in [6.45, 7) is 7.59.